The van der Waals surface area contributed by atoms with Crippen LogP contribution in [0, 0.1) is 0 Å². The van der Waals surface area contributed by atoms with Gasteiger partial charge >= 0.3 is 0 Å². The minimum absolute atomic E-state index is 0.0753. The Labute approximate surface area is 60.1 Å². The van der Waals surface area contributed by atoms with E-state index in [0.29, 0.717) is 6.54 Å². The van der Waals surface area contributed by atoms with Crippen molar-refractivity contribution in [1.82, 2.24) is 4.98 Å². The summed E-state index contributed by atoms with van der Waals surface area (Å²) in [7, 11) is 0. The summed E-state index contributed by atoms with van der Waals surface area (Å²) in [5.74, 6) is 0. The smallest absolute Gasteiger partial charge is 0.0434 e. The van der Waals surface area contributed by atoms with Crippen molar-refractivity contribution in [1.29, 1.82) is 0 Å². The molecule has 0 radical (unpaired) electrons. The van der Waals surface area contributed by atoms with E-state index in [4.69, 9.17) is 11.5 Å². The van der Waals surface area contributed by atoms with Crippen LogP contribution in [0.2, 0.25) is 0 Å². The predicted molar refractivity (Wildman–Crippen MR) is 40.2 cm³/mol. The third kappa shape index (κ3) is 1.52. The molecule has 0 bridgehead atoms. The predicted octanol–water partition coefficient (Wildman–Crippen LogP) is 0.0401. The van der Waals surface area contributed by atoms with E-state index in [1.165, 1.54) is 0 Å². The maximum absolute atomic E-state index is 5.63. The number of rotatable bonds is 2. The summed E-state index contributed by atoms with van der Waals surface area (Å²) in [5.41, 5.74) is 12.0. The fourth-order valence-electron chi connectivity index (χ4n) is 0.731. The fourth-order valence-corrected chi connectivity index (χ4v) is 0.731. The van der Waals surface area contributed by atoms with Gasteiger partial charge in [-0.05, 0) is 11.6 Å². The van der Waals surface area contributed by atoms with E-state index < -0.39 is 0 Å². The minimum Gasteiger partial charge on any atom is -0.329 e. The molecule has 1 rings (SSSR count). The number of hydrogen-bond donors (Lipinski definition) is 2. The largest absolute Gasteiger partial charge is 0.329 e. The minimum atomic E-state index is -0.0753. The van der Waals surface area contributed by atoms with Crippen molar-refractivity contribution in [3.05, 3.63) is 30.1 Å². The molecule has 0 saturated heterocycles. The molecule has 0 fully saturated rings. The summed E-state index contributed by atoms with van der Waals surface area (Å²) in [6.45, 7) is 0.464. The number of aromatic nitrogens is 1. The molecule has 10 heavy (non-hydrogen) atoms. The summed E-state index contributed by atoms with van der Waals surface area (Å²) in [6, 6.07) is 3.70. The third-order valence-electron chi connectivity index (χ3n) is 1.37. The quantitative estimate of drug-likeness (QED) is 0.605. The van der Waals surface area contributed by atoms with Crippen molar-refractivity contribution >= 4 is 0 Å². The molecule has 0 aliphatic heterocycles. The van der Waals surface area contributed by atoms with Gasteiger partial charge in [-0.3, -0.25) is 4.98 Å². The van der Waals surface area contributed by atoms with E-state index in [9.17, 15) is 0 Å². The number of hydrogen-bond acceptors (Lipinski definition) is 3. The summed E-state index contributed by atoms with van der Waals surface area (Å²) >= 11 is 0. The Balaban J connectivity index is 2.75. The first-order valence-corrected chi connectivity index (χ1v) is 3.20. The van der Waals surface area contributed by atoms with E-state index in [2.05, 4.69) is 4.98 Å². The molecule has 54 valence electrons. The lowest BCUT2D eigenvalue weighted by Crippen LogP contribution is -2.20. The zero-order valence-corrected chi connectivity index (χ0v) is 5.70. The van der Waals surface area contributed by atoms with Gasteiger partial charge in [0.05, 0.1) is 0 Å². The van der Waals surface area contributed by atoms with Gasteiger partial charge in [-0.2, -0.15) is 0 Å². The van der Waals surface area contributed by atoms with E-state index in [0.717, 1.165) is 5.56 Å². The number of nitrogens with zero attached hydrogens (tertiary/aromatic N) is 1. The summed E-state index contributed by atoms with van der Waals surface area (Å²) in [6.07, 6.45) is 3.45. The van der Waals surface area contributed by atoms with Crippen LogP contribution in [0.25, 0.3) is 0 Å². The third-order valence-corrected chi connectivity index (χ3v) is 1.37. The van der Waals surface area contributed by atoms with Crippen LogP contribution < -0.4 is 11.5 Å². The van der Waals surface area contributed by atoms with Crippen molar-refractivity contribution in [2.75, 3.05) is 6.54 Å². The molecule has 1 atom stereocenters. The standard InChI is InChI=1S/C7H11N3/c8-4-7(9)6-2-1-3-10-5-6/h1-3,5,7H,4,8-9H2/t7-/m1/s1. The van der Waals surface area contributed by atoms with Crippen LogP contribution >= 0.6 is 0 Å². The SMILES string of the molecule is NC[C@@H](N)c1cccnc1. The highest BCUT2D eigenvalue weighted by molar-refractivity contribution is 5.13. The van der Waals surface area contributed by atoms with Gasteiger partial charge < -0.3 is 11.5 Å². The highest BCUT2D eigenvalue weighted by Gasteiger charge is 2.00. The van der Waals surface area contributed by atoms with E-state index in [1.807, 2.05) is 12.1 Å². The summed E-state index contributed by atoms with van der Waals surface area (Å²) in [4.78, 5) is 3.92. The Hall–Kier alpha value is -0.930. The van der Waals surface area contributed by atoms with E-state index >= 15 is 0 Å². The molecule has 0 aliphatic carbocycles. The second-order valence-electron chi connectivity index (χ2n) is 2.13. The average Bonchev–Trinajstić information content (AvgIpc) is 2.05. The highest BCUT2D eigenvalue weighted by atomic mass is 14.7. The van der Waals surface area contributed by atoms with Gasteiger partial charge in [0.1, 0.15) is 0 Å². The second-order valence-corrected chi connectivity index (χ2v) is 2.13. The Kier molecular flexibility index (Phi) is 2.36. The Bertz CT molecular complexity index is 185. The summed E-state index contributed by atoms with van der Waals surface area (Å²) in [5, 5.41) is 0. The molecule has 0 aliphatic rings. The van der Waals surface area contributed by atoms with Gasteiger partial charge in [-0.25, -0.2) is 0 Å². The van der Waals surface area contributed by atoms with Crippen LogP contribution in [0.15, 0.2) is 24.5 Å². The van der Waals surface area contributed by atoms with Gasteiger partial charge in [-0.15, -0.1) is 0 Å². The molecule has 0 spiro atoms. The van der Waals surface area contributed by atoms with Gasteiger partial charge in [0.25, 0.3) is 0 Å². The monoisotopic (exact) mass is 137 g/mol. The molecule has 0 unspecified atom stereocenters. The summed E-state index contributed by atoms with van der Waals surface area (Å²) < 4.78 is 0. The van der Waals surface area contributed by atoms with Crippen LogP contribution in [0.4, 0.5) is 0 Å². The zero-order chi connectivity index (χ0) is 7.40. The lowest BCUT2D eigenvalue weighted by Gasteiger charge is -2.06. The van der Waals surface area contributed by atoms with Gasteiger partial charge in [0.15, 0.2) is 0 Å². The maximum atomic E-state index is 5.63. The van der Waals surface area contributed by atoms with Crippen LogP contribution in [-0.4, -0.2) is 11.5 Å². The maximum Gasteiger partial charge on any atom is 0.0434 e. The van der Waals surface area contributed by atoms with Crippen LogP contribution in [-0.2, 0) is 0 Å². The number of nitrogens with two attached hydrogens (primary N) is 2. The van der Waals surface area contributed by atoms with Crippen molar-refractivity contribution in [3.8, 4) is 0 Å². The Morgan fingerprint density at radius 2 is 2.40 bits per heavy atom. The first kappa shape index (κ1) is 7.18. The molecule has 0 saturated carbocycles. The van der Waals surface area contributed by atoms with Crippen LogP contribution in [0.5, 0.6) is 0 Å². The van der Waals surface area contributed by atoms with Crippen molar-refractivity contribution < 1.29 is 0 Å². The first-order chi connectivity index (χ1) is 4.84. The molecule has 0 amide bonds. The lowest BCUT2D eigenvalue weighted by molar-refractivity contribution is 0.733. The average molecular weight is 137 g/mol. The molecule has 1 heterocycles. The van der Waals surface area contributed by atoms with Crippen molar-refractivity contribution in [3.63, 3.8) is 0 Å². The van der Waals surface area contributed by atoms with Gasteiger partial charge in [-0.1, -0.05) is 6.07 Å². The van der Waals surface area contributed by atoms with E-state index in [-0.39, 0.29) is 6.04 Å². The fraction of sp³-hybridized carbons (Fsp3) is 0.286. The van der Waals surface area contributed by atoms with Gasteiger partial charge in [0.2, 0.25) is 0 Å². The molecule has 3 nitrogen and oxygen atoms in total. The Morgan fingerprint density at radius 3 is 2.90 bits per heavy atom. The molecular weight excluding hydrogens is 126 g/mol. The molecule has 0 aromatic carbocycles. The number of pyridine rings is 1. The van der Waals surface area contributed by atoms with Crippen LogP contribution in [0.1, 0.15) is 11.6 Å². The van der Waals surface area contributed by atoms with Crippen LogP contribution in [0.3, 0.4) is 0 Å². The molecule has 4 N–H and O–H groups in total. The molecular formula is C7H11N3. The second kappa shape index (κ2) is 3.29. The van der Waals surface area contributed by atoms with E-state index in [1.54, 1.807) is 12.4 Å². The zero-order valence-electron chi connectivity index (χ0n) is 5.70. The topological polar surface area (TPSA) is 64.9 Å². The molecule has 1 aromatic rings. The molecule has 1 aromatic heterocycles. The molecule has 3 heteroatoms. The normalized spacial score (nSPS) is 13.0. The highest BCUT2D eigenvalue weighted by Crippen LogP contribution is 2.04. The first-order valence-electron chi connectivity index (χ1n) is 3.20. The lowest BCUT2D eigenvalue weighted by atomic mass is 10.1. The van der Waals surface area contributed by atoms with Crippen molar-refractivity contribution in [2.24, 2.45) is 11.5 Å². The van der Waals surface area contributed by atoms with Gasteiger partial charge in [0, 0.05) is 25.0 Å². The van der Waals surface area contributed by atoms with Crippen molar-refractivity contribution in [2.45, 2.75) is 6.04 Å². The Morgan fingerprint density at radius 1 is 1.60 bits per heavy atom.